The molecule has 0 aliphatic heterocycles. The Morgan fingerprint density at radius 1 is 1.14 bits per heavy atom. The highest BCUT2D eigenvalue weighted by atomic mass is 16.2. The summed E-state index contributed by atoms with van der Waals surface area (Å²) < 4.78 is 1.28. The molecule has 144 valence electrons. The number of pyridine rings is 2. The first-order chi connectivity index (χ1) is 13.5. The Morgan fingerprint density at radius 2 is 1.96 bits per heavy atom. The molecule has 0 aliphatic carbocycles. The summed E-state index contributed by atoms with van der Waals surface area (Å²) in [5.74, 6) is -0.992. The second-order valence-electron chi connectivity index (χ2n) is 5.70. The van der Waals surface area contributed by atoms with Gasteiger partial charge in [0.25, 0.3) is 11.9 Å². The van der Waals surface area contributed by atoms with E-state index in [0.29, 0.717) is 17.8 Å². The van der Waals surface area contributed by atoms with Crippen LogP contribution in [-0.4, -0.2) is 44.0 Å². The summed E-state index contributed by atoms with van der Waals surface area (Å²) in [5, 5.41) is 9.23. The van der Waals surface area contributed by atoms with E-state index in [1.807, 2.05) is 6.07 Å². The molecule has 0 fully saturated rings. The molecule has 0 bridgehead atoms. The molecule has 3 aromatic rings. The Balaban J connectivity index is 2.05. The molecule has 0 saturated carbocycles. The zero-order valence-electron chi connectivity index (χ0n) is 15.2. The van der Waals surface area contributed by atoms with Gasteiger partial charge in [-0.1, -0.05) is 6.07 Å². The van der Waals surface area contributed by atoms with Crippen LogP contribution in [0.4, 0.5) is 10.7 Å². The molecule has 0 radical (unpaired) electrons. The van der Waals surface area contributed by atoms with Crippen LogP contribution in [0.25, 0.3) is 16.8 Å². The van der Waals surface area contributed by atoms with Gasteiger partial charge in [-0.05, 0) is 30.7 Å². The van der Waals surface area contributed by atoms with Crippen LogP contribution in [-0.2, 0) is 4.79 Å². The van der Waals surface area contributed by atoms with Gasteiger partial charge in [0.2, 0.25) is 5.91 Å². The lowest BCUT2D eigenvalue weighted by molar-refractivity contribution is -0.119. The van der Waals surface area contributed by atoms with Gasteiger partial charge < -0.3 is 5.32 Å². The maximum Gasteiger partial charge on any atom is 0.321 e. The molecule has 11 nitrogen and oxygen atoms in total. The second-order valence-corrected chi connectivity index (χ2v) is 5.70. The molecule has 3 aromatic heterocycles. The van der Waals surface area contributed by atoms with E-state index in [1.54, 1.807) is 37.5 Å². The number of hydrogen-bond donors (Lipinski definition) is 4. The van der Waals surface area contributed by atoms with Gasteiger partial charge in [-0.15, -0.1) is 5.10 Å². The number of urea groups is 1. The van der Waals surface area contributed by atoms with E-state index >= 15 is 0 Å². The third kappa shape index (κ3) is 4.20. The van der Waals surface area contributed by atoms with Gasteiger partial charge in [0.05, 0.1) is 0 Å². The van der Waals surface area contributed by atoms with Crippen LogP contribution in [0.5, 0.6) is 0 Å². The lowest BCUT2D eigenvalue weighted by Gasteiger charge is -2.09. The van der Waals surface area contributed by atoms with Crippen LogP contribution in [0.3, 0.4) is 0 Å². The fourth-order valence-corrected chi connectivity index (χ4v) is 2.41. The number of hydrazine groups is 1. The van der Waals surface area contributed by atoms with Crippen LogP contribution >= 0.6 is 0 Å². The summed E-state index contributed by atoms with van der Waals surface area (Å²) >= 11 is 0. The molecular weight excluding hydrogens is 364 g/mol. The van der Waals surface area contributed by atoms with Crippen molar-refractivity contribution in [3.8, 4) is 11.1 Å². The quantitative estimate of drug-likeness (QED) is 0.490. The number of rotatable bonds is 4. The lowest BCUT2D eigenvalue weighted by atomic mass is 10.1. The second kappa shape index (κ2) is 8.12. The summed E-state index contributed by atoms with van der Waals surface area (Å²) in [4.78, 5) is 43.7. The molecule has 3 rings (SSSR count). The molecule has 0 aromatic carbocycles. The predicted molar refractivity (Wildman–Crippen MR) is 100 cm³/mol. The molecule has 11 heteroatoms. The molecule has 4 N–H and O–H groups in total. The van der Waals surface area contributed by atoms with Gasteiger partial charge in [-0.25, -0.2) is 9.31 Å². The Hall–Kier alpha value is -4.02. The number of aromatic nitrogens is 4. The minimum Gasteiger partial charge on any atom is -0.338 e. The van der Waals surface area contributed by atoms with Crippen LogP contribution < -0.4 is 21.5 Å². The number of fused-ring (bicyclic) bond motifs is 1. The van der Waals surface area contributed by atoms with E-state index in [2.05, 4.69) is 36.6 Å². The van der Waals surface area contributed by atoms with Gasteiger partial charge >= 0.3 is 6.03 Å². The number of carbonyl (C=O) groups is 3. The molecule has 0 atom stereocenters. The summed E-state index contributed by atoms with van der Waals surface area (Å²) in [7, 11) is 0. The highest BCUT2D eigenvalue weighted by molar-refractivity contribution is 5.96. The third-order valence-electron chi connectivity index (χ3n) is 3.58. The number of nitrogens with zero attached hydrogens (tertiary/aromatic N) is 4. The maximum atomic E-state index is 12.6. The summed E-state index contributed by atoms with van der Waals surface area (Å²) in [6.07, 6.45) is 3.28. The van der Waals surface area contributed by atoms with Gasteiger partial charge in [-0.3, -0.25) is 30.7 Å². The molecule has 4 amide bonds. The minimum absolute atomic E-state index is 0.0304. The van der Waals surface area contributed by atoms with E-state index in [4.69, 9.17) is 0 Å². The van der Waals surface area contributed by atoms with Crippen molar-refractivity contribution in [2.45, 2.75) is 13.8 Å². The van der Waals surface area contributed by atoms with Crippen molar-refractivity contribution in [2.75, 3.05) is 11.9 Å². The molecule has 3 heterocycles. The van der Waals surface area contributed by atoms with Crippen LogP contribution in [0.15, 0.2) is 36.7 Å². The Labute approximate surface area is 159 Å². The lowest BCUT2D eigenvalue weighted by Crippen LogP contribution is -2.41. The summed E-state index contributed by atoms with van der Waals surface area (Å²) in [5.41, 5.74) is 6.41. The molecule has 28 heavy (non-hydrogen) atoms. The van der Waals surface area contributed by atoms with Crippen molar-refractivity contribution >= 4 is 29.4 Å². The number of nitrogens with one attached hydrogen (secondary N) is 4. The molecule has 0 aliphatic rings. The van der Waals surface area contributed by atoms with Gasteiger partial charge in [0.15, 0.2) is 5.65 Å². The first kappa shape index (κ1) is 18.8. The maximum absolute atomic E-state index is 12.6. The standard InChI is InChI=1S/C17H18N8O3/c1-3-19-17(28)21-16-20-14-8-12(11-5-4-6-18-9-11)7-13(25(14)24-16)15(27)23-22-10(2)26/h4-9H,3H2,1-2H3,(H,22,26)(H,23,27)(H2,19,21,24,28). The van der Waals surface area contributed by atoms with Crippen LogP contribution in [0, 0.1) is 0 Å². The van der Waals surface area contributed by atoms with Crippen molar-refractivity contribution in [1.82, 2.24) is 35.8 Å². The van der Waals surface area contributed by atoms with Crippen LogP contribution in [0.2, 0.25) is 0 Å². The average Bonchev–Trinajstić information content (AvgIpc) is 3.08. The normalized spacial score (nSPS) is 10.4. The van der Waals surface area contributed by atoms with Gasteiger partial charge in [0.1, 0.15) is 5.69 Å². The SMILES string of the molecule is CCNC(=O)Nc1nc2cc(-c3cccnc3)cc(C(=O)NNC(C)=O)n2n1. The van der Waals surface area contributed by atoms with Crippen molar-refractivity contribution in [1.29, 1.82) is 0 Å². The van der Waals surface area contributed by atoms with Crippen molar-refractivity contribution in [2.24, 2.45) is 0 Å². The van der Waals surface area contributed by atoms with Gasteiger partial charge in [-0.2, -0.15) is 4.98 Å². The summed E-state index contributed by atoms with van der Waals surface area (Å²) in [6, 6.07) is 6.43. The number of amides is 4. The summed E-state index contributed by atoms with van der Waals surface area (Å²) in [6.45, 7) is 3.49. The fourth-order valence-electron chi connectivity index (χ4n) is 2.41. The Kier molecular flexibility index (Phi) is 5.44. The fraction of sp³-hybridized carbons (Fsp3) is 0.176. The molecule has 0 unspecified atom stereocenters. The molecular formula is C17H18N8O3. The largest absolute Gasteiger partial charge is 0.338 e. The molecule has 0 spiro atoms. The highest BCUT2D eigenvalue weighted by Crippen LogP contribution is 2.22. The van der Waals surface area contributed by atoms with Crippen LogP contribution in [0.1, 0.15) is 24.3 Å². The van der Waals surface area contributed by atoms with Crippen molar-refractivity contribution in [3.63, 3.8) is 0 Å². The van der Waals surface area contributed by atoms with E-state index in [0.717, 1.165) is 5.56 Å². The van der Waals surface area contributed by atoms with E-state index in [9.17, 15) is 14.4 Å². The number of hydrogen-bond acceptors (Lipinski definition) is 6. The smallest absolute Gasteiger partial charge is 0.321 e. The first-order valence-corrected chi connectivity index (χ1v) is 8.41. The highest BCUT2D eigenvalue weighted by Gasteiger charge is 2.17. The topological polar surface area (TPSA) is 142 Å². The van der Waals surface area contributed by atoms with E-state index < -0.39 is 17.8 Å². The van der Waals surface area contributed by atoms with Crippen molar-refractivity contribution < 1.29 is 14.4 Å². The Morgan fingerprint density at radius 3 is 2.64 bits per heavy atom. The molecule has 0 saturated heterocycles. The predicted octanol–water partition coefficient (Wildman–Crippen LogP) is 0.714. The van der Waals surface area contributed by atoms with E-state index in [1.165, 1.54) is 11.4 Å². The minimum atomic E-state index is -0.597. The first-order valence-electron chi connectivity index (χ1n) is 8.41. The van der Waals surface area contributed by atoms with Gasteiger partial charge in [0, 0.05) is 31.4 Å². The zero-order valence-corrected chi connectivity index (χ0v) is 15.2. The average molecular weight is 382 g/mol. The van der Waals surface area contributed by atoms with E-state index in [-0.39, 0.29) is 11.6 Å². The number of anilines is 1. The van der Waals surface area contributed by atoms with Crippen molar-refractivity contribution in [3.05, 3.63) is 42.4 Å². The number of carbonyl (C=O) groups excluding carboxylic acids is 3. The Bertz CT molecular complexity index is 1030. The zero-order chi connectivity index (χ0) is 20.1. The monoisotopic (exact) mass is 382 g/mol. The third-order valence-corrected chi connectivity index (χ3v) is 3.58.